The number of hydrogen-bond donors (Lipinski definition) is 0. The zero-order valence-corrected chi connectivity index (χ0v) is 7.35. The molecule has 0 bridgehead atoms. The summed E-state index contributed by atoms with van der Waals surface area (Å²) in [6.07, 6.45) is 2.83. The van der Waals surface area contributed by atoms with Crippen LogP contribution in [0.25, 0.3) is 0 Å². The fraction of sp³-hybridized carbons (Fsp3) is 0.875. The van der Waals surface area contributed by atoms with Crippen LogP contribution in [0.3, 0.4) is 0 Å². The number of aldehydes is 1. The van der Waals surface area contributed by atoms with Crippen molar-refractivity contribution in [2.75, 3.05) is 14.1 Å². The van der Waals surface area contributed by atoms with Crippen molar-refractivity contribution in [1.29, 1.82) is 0 Å². The van der Waals surface area contributed by atoms with Crippen molar-refractivity contribution < 1.29 is 4.79 Å². The molecule has 0 aliphatic heterocycles. The highest BCUT2D eigenvalue weighted by Gasteiger charge is 2.27. The van der Waals surface area contributed by atoms with Gasteiger partial charge in [-0.05, 0) is 26.9 Å². The molecule has 0 rings (SSSR count). The third-order valence-corrected chi connectivity index (χ3v) is 2.33. The van der Waals surface area contributed by atoms with Gasteiger partial charge in [0.05, 0.1) is 5.54 Å². The van der Waals surface area contributed by atoms with Crippen molar-refractivity contribution in [1.82, 2.24) is 4.90 Å². The minimum atomic E-state index is -0.222. The van der Waals surface area contributed by atoms with E-state index in [1.54, 1.807) is 0 Å². The van der Waals surface area contributed by atoms with E-state index in [-0.39, 0.29) is 5.54 Å². The summed E-state index contributed by atoms with van der Waals surface area (Å²) in [6.45, 7) is 4.08. The number of carbonyl (C=O) groups is 1. The second-order valence-electron chi connectivity index (χ2n) is 2.82. The lowest BCUT2D eigenvalue weighted by Crippen LogP contribution is -2.44. The number of likely N-dealkylation sites (N-methyl/N-ethyl adjacent to an activating group) is 1. The highest BCUT2D eigenvalue weighted by atomic mass is 16.1. The summed E-state index contributed by atoms with van der Waals surface area (Å²) in [4.78, 5) is 12.7. The number of hydrogen-bond acceptors (Lipinski definition) is 2. The zero-order chi connectivity index (χ0) is 8.20. The monoisotopic (exact) mass is 143 g/mol. The van der Waals surface area contributed by atoms with Gasteiger partial charge in [0.25, 0.3) is 0 Å². The summed E-state index contributed by atoms with van der Waals surface area (Å²) in [5.41, 5.74) is -0.222. The standard InChI is InChI=1S/C8H17NO/c1-5-8(6-2,7-10)9(3)4/h7H,5-6H2,1-4H3. The quantitative estimate of drug-likeness (QED) is 0.553. The van der Waals surface area contributed by atoms with E-state index in [0.29, 0.717) is 0 Å². The Labute approximate surface area is 63.2 Å². The van der Waals surface area contributed by atoms with E-state index in [2.05, 4.69) is 0 Å². The van der Waals surface area contributed by atoms with Crippen LogP contribution in [0.2, 0.25) is 0 Å². The van der Waals surface area contributed by atoms with Crippen molar-refractivity contribution in [2.24, 2.45) is 0 Å². The van der Waals surface area contributed by atoms with Gasteiger partial charge in [-0.3, -0.25) is 4.90 Å². The van der Waals surface area contributed by atoms with Crippen molar-refractivity contribution >= 4 is 6.29 Å². The second-order valence-corrected chi connectivity index (χ2v) is 2.82. The molecule has 0 N–H and O–H groups in total. The topological polar surface area (TPSA) is 20.3 Å². The van der Waals surface area contributed by atoms with Crippen LogP contribution >= 0.6 is 0 Å². The molecule has 0 aromatic carbocycles. The van der Waals surface area contributed by atoms with Gasteiger partial charge in [0.15, 0.2) is 0 Å². The SMILES string of the molecule is CCC(C=O)(CC)N(C)C. The van der Waals surface area contributed by atoms with Gasteiger partial charge in [-0.1, -0.05) is 13.8 Å². The number of rotatable bonds is 4. The predicted octanol–water partition coefficient (Wildman–Crippen LogP) is 1.31. The Kier molecular flexibility index (Phi) is 3.58. The van der Waals surface area contributed by atoms with Crippen LogP contribution in [0.15, 0.2) is 0 Å². The molecule has 0 saturated carbocycles. The summed E-state index contributed by atoms with van der Waals surface area (Å²) in [6, 6.07) is 0. The molecule has 0 unspecified atom stereocenters. The minimum absolute atomic E-state index is 0.222. The molecule has 0 amide bonds. The van der Waals surface area contributed by atoms with Crippen LogP contribution < -0.4 is 0 Å². The maximum absolute atomic E-state index is 10.7. The Hall–Kier alpha value is -0.370. The Bertz CT molecular complexity index is 106. The molecule has 0 radical (unpaired) electrons. The van der Waals surface area contributed by atoms with E-state index < -0.39 is 0 Å². The van der Waals surface area contributed by atoms with Crippen LogP contribution in [-0.2, 0) is 4.79 Å². The molecule has 60 valence electrons. The fourth-order valence-corrected chi connectivity index (χ4v) is 1.15. The van der Waals surface area contributed by atoms with Gasteiger partial charge in [-0.25, -0.2) is 0 Å². The Morgan fingerprint density at radius 2 is 1.70 bits per heavy atom. The van der Waals surface area contributed by atoms with Crippen molar-refractivity contribution in [3.63, 3.8) is 0 Å². The van der Waals surface area contributed by atoms with Gasteiger partial charge in [0, 0.05) is 0 Å². The molecule has 2 heteroatoms. The average Bonchev–Trinajstić information content (AvgIpc) is 1.92. The highest BCUT2D eigenvalue weighted by molar-refractivity contribution is 5.63. The molecule has 0 saturated heterocycles. The molecule has 0 atom stereocenters. The first kappa shape index (κ1) is 9.63. The van der Waals surface area contributed by atoms with E-state index in [1.807, 2.05) is 32.8 Å². The minimum Gasteiger partial charge on any atom is -0.301 e. The largest absolute Gasteiger partial charge is 0.301 e. The Morgan fingerprint density at radius 3 is 1.70 bits per heavy atom. The van der Waals surface area contributed by atoms with Gasteiger partial charge in [0.1, 0.15) is 6.29 Å². The van der Waals surface area contributed by atoms with Gasteiger partial charge < -0.3 is 4.79 Å². The van der Waals surface area contributed by atoms with Crippen molar-refractivity contribution in [3.8, 4) is 0 Å². The van der Waals surface area contributed by atoms with E-state index in [0.717, 1.165) is 19.1 Å². The van der Waals surface area contributed by atoms with Gasteiger partial charge in [0.2, 0.25) is 0 Å². The molecule has 10 heavy (non-hydrogen) atoms. The van der Waals surface area contributed by atoms with Crippen molar-refractivity contribution in [2.45, 2.75) is 32.2 Å². The van der Waals surface area contributed by atoms with E-state index in [1.165, 1.54) is 0 Å². The van der Waals surface area contributed by atoms with E-state index >= 15 is 0 Å². The zero-order valence-electron chi connectivity index (χ0n) is 7.35. The lowest BCUT2D eigenvalue weighted by atomic mass is 9.94. The van der Waals surface area contributed by atoms with Gasteiger partial charge in [-0.15, -0.1) is 0 Å². The summed E-state index contributed by atoms with van der Waals surface area (Å²) < 4.78 is 0. The molecule has 0 heterocycles. The smallest absolute Gasteiger partial charge is 0.140 e. The fourth-order valence-electron chi connectivity index (χ4n) is 1.15. The highest BCUT2D eigenvalue weighted by Crippen LogP contribution is 2.17. The average molecular weight is 143 g/mol. The summed E-state index contributed by atoms with van der Waals surface area (Å²) in [5, 5.41) is 0. The molecular weight excluding hydrogens is 126 g/mol. The second kappa shape index (κ2) is 3.71. The first-order valence-electron chi connectivity index (χ1n) is 3.76. The molecule has 0 aromatic heterocycles. The normalized spacial score (nSPS) is 12.1. The molecule has 0 aliphatic carbocycles. The number of carbonyl (C=O) groups excluding carboxylic acids is 1. The molecule has 0 spiro atoms. The van der Waals surface area contributed by atoms with Crippen LogP contribution in [0.5, 0.6) is 0 Å². The van der Waals surface area contributed by atoms with Gasteiger partial charge in [-0.2, -0.15) is 0 Å². The number of nitrogens with zero attached hydrogens (tertiary/aromatic N) is 1. The van der Waals surface area contributed by atoms with E-state index in [9.17, 15) is 4.79 Å². The summed E-state index contributed by atoms with van der Waals surface area (Å²) >= 11 is 0. The third kappa shape index (κ3) is 1.57. The van der Waals surface area contributed by atoms with Crippen LogP contribution in [0.4, 0.5) is 0 Å². The summed E-state index contributed by atoms with van der Waals surface area (Å²) in [5.74, 6) is 0. The summed E-state index contributed by atoms with van der Waals surface area (Å²) in [7, 11) is 3.89. The lowest BCUT2D eigenvalue weighted by molar-refractivity contribution is -0.117. The maximum atomic E-state index is 10.7. The van der Waals surface area contributed by atoms with Crippen LogP contribution in [0, 0.1) is 0 Å². The molecule has 0 aliphatic rings. The van der Waals surface area contributed by atoms with E-state index in [4.69, 9.17) is 0 Å². The van der Waals surface area contributed by atoms with Crippen molar-refractivity contribution in [3.05, 3.63) is 0 Å². The Morgan fingerprint density at radius 1 is 1.30 bits per heavy atom. The van der Waals surface area contributed by atoms with Gasteiger partial charge >= 0.3 is 0 Å². The van der Waals surface area contributed by atoms with Crippen LogP contribution in [0.1, 0.15) is 26.7 Å². The molecular formula is C8H17NO. The maximum Gasteiger partial charge on any atom is 0.140 e. The molecule has 0 aromatic rings. The first-order chi connectivity index (χ1) is 4.63. The molecule has 2 nitrogen and oxygen atoms in total. The first-order valence-corrected chi connectivity index (χ1v) is 3.76. The predicted molar refractivity (Wildman–Crippen MR) is 43.1 cm³/mol. The Balaban J connectivity index is 4.30. The lowest BCUT2D eigenvalue weighted by Gasteiger charge is -2.32. The van der Waals surface area contributed by atoms with Crippen LogP contribution in [-0.4, -0.2) is 30.8 Å². The third-order valence-electron chi connectivity index (χ3n) is 2.33. The molecule has 0 fully saturated rings.